The van der Waals surface area contributed by atoms with Crippen molar-refractivity contribution in [3.63, 3.8) is 0 Å². The molecule has 3 aliphatic heterocycles. The maximum Gasteiger partial charge on any atom is 0.337 e. The number of benzene rings is 3. The van der Waals surface area contributed by atoms with E-state index in [1.807, 2.05) is 32.9 Å². The monoisotopic (exact) mass is 1250 g/mol. The molecule has 0 atom stereocenters. The molecule has 87 heavy (non-hydrogen) atoms. The third-order valence-electron chi connectivity index (χ3n) is 7.96. The minimum Gasteiger partial charge on any atom is -0.469 e. The maximum atomic E-state index is 11.4. The number of carbonyl (C=O) groups is 12. The highest BCUT2D eigenvalue weighted by molar-refractivity contribution is 6.29. The number of methoxy groups -OCH3 is 6. The Balaban J connectivity index is -0.0000000599. The van der Waals surface area contributed by atoms with Gasteiger partial charge >= 0.3 is 35.8 Å². The Morgan fingerprint density at radius 1 is 0.299 bits per heavy atom. The van der Waals surface area contributed by atoms with E-state index in [0.29, 0.717) is 28.2 Å². The van der Waals surface area contributed by atoms with Crippen molar-refractivity contribution >= 4 is 88.3 Å². The largest absolute Gasteiger partial charge is 0.469 e. The molecule has 26 nitrogen and oxygen atoms in total. The fourth-order valence-electron chi connectivity index (χ4n) is 4.39. The summed E-state index contributed by atoms with van der Waals surface area (Å²) in [7, 11) is 13.0. The second-order valence-electron chi connectivity index (χ2n) is 12.7. The minimum atomic E-state index is -0.464. The van der Waals surface area contributed by atoms with Crippen molar-refractivity contribution in [2.24, 2.45) is 0 Å². The number of imide groups is 3. The number of anilines is 3. The Bertz CT molecular complexity index is 2190. The number of aryl methyl sites for hydroxylation is 1. The Kier molecular flexibility index (Phi) is 94.7. The van der Waals surface area contributed by atoms with Crippen LogP contribution < -0.4 is 14.7 Å². The lowest BCUT2D eigenvalue weighted by Crippen LogP contribution is -2.29. The standard InChI is InChI=1S/2C12H9NO4.C11H9NO2.4C3H6O2.C2H6.5CH4O.7CH4/c2*1-17-12(16)8-2-4-9(5-3-8)13-10(14)6-7-11(13)15;1-8-2-4-9(5-3-8)12-10(13)6-7-11(12)14;4*1-3(4)5-2;6*1-2;;;;;;;/h2*2-7H,1H3;2-7H,1H3;4*1-2H3;1-2H3;5*2H,1H3;7*1H4. The molecule has 0 saturated carbocycles. The van der Waals surface area contributed by atoms with Crippen LogP contribution in [0, 0.1) is 6.92 Å². The zero-order valence-electron chi connectivity index (χ0n) is 48.3. The van der Waals surface area contributed by atoms with E-state index in [1.54, 1.807) is 12.1 Å². The molecule has 0 aromatic heterocycles. The van der Waals surface area contributed by atoms with Gasteiger partial charge in [-0.15, -0.1) is 0 Å². The smallest absolute Gasteiger partial charge is 0.337 e. The highest BCUT2D eigenvalue weighted by atomic mass is 16.5. The van der Waals surface area contributed by atoms with Gasteiger partial charge in [-0.3, -0.25) is 47.9 Å². The van der Waals surface area contributed by atoms with Crippen molar-refractivity contribution in [3.05, 3.63) is 126 Å². The lowest BCUT2D eigenvalue weighted by atomic mass is 10.2. The molecule has 0 radical (unpaired) electrons. The van der Waals surface area contributed by atoms with Crippen LogP contribution in [0.3, 0.4) is 0 Å². The number of aliphatic hydroxyl groups is 5. The predicted molar refractivity (Wildman–Crippen MR) is 342 cm³/mol. The Morgan fingerprint density at radius 2 is 0.437 bits per heavy atom. The fraction of sp³-hybridized carbons (Fsp3) is 0.410. The van der Waals surface area contributed by atoms with Crippen LogP contribution in [-0.4, -0.2) is 175 Å². The van der Waals surface area contributed by atoms with Gasteiger partial charge in [0.2, 0.25) is 0 Å². The molecular weight excluding hydrogens is 1140 g/mol. The molecule has 26 heteroatoms. The van der Waals surface area contributed by atoms with Crippen LogP contribution >= 0.6 is 0 Å². The van der Waals surface area contributed by atoms with E-state index < -0.39 is 11.9 Å². The van der Waals surface area contributed by atoms with Gasteiger partial charge in [-0.2, -0.15) is 0 Å². The Morgan fingerprint density at radius 3 is 0.563 bits per heavy atom. The topological polar surface area (TPSA) is 371 Å². The van der Waals surface area contributed by atoms with Crippen LogP contribution in [0.5, 0.6) is 0 Å². The summed E-state index contributed by atoms with van der Waals surface area (Å²) in [5.41, 5.74) is 3.30. The molecule has 0 saturated heterocycles. The summed E-state index contributed by atoms with van der Waals surface area (Å²) < 4.78 is 25.5. The van der Waals surface area contributed by atoms with Crippen molar-refractivity contribution in [3.8, 4) is 0 Å². The number of esters is 6. The first-order valence-corrected chi connectivity index (χ1v) is 22.6. The number of amides is 6. The Hall–Kier alpha value is -9.08. The number of rotatable bonds is 5. The van der Waals surface area contributed by atoms with Crippen LogP contribution in [0.4, 0.5) is 17.1 Å². The molecule has 0 fully saturated rings. The third-order valence-corrected chi connectivity index (χ3v) is 7.96. The average Bonchev–Trinajstić information content (AvgIpc) is 4.15. The van der Waals surface area contributed by atoms with E-state index in [0.717, 1.165) is 55.8 Å². The average molecular weight is 1250 g/mol. The van der Waals surface area contributed by atoms with Gasteiger partial charge in [-0.05, 0) is 67.6 Å². The first-order chi connectivity index (χ1) is 38.0. The van der Waals surface area contributed by atoms with Crippen molar-refractivity contribution in [2.45, 2.75) is 100 Å². The molecule has 0 aliphatic carbocycles. The highest BCUT2D eigenvalue weighted by Crippen LogP contribution is 2.22. The van der Waals surface area contributed by atoms with Crippen LogP contribution in [0.1, 0.15) is 120 Å². The first-order valence-electron chi connectivity index (χ1n) is 22.6. The summed E-state index contributed by atoms with van der Waals surface area (Å²) in [4.78, 5) is 132. The van der Waals surface area contributed by atoms with Crippen molar-refractivity contribution in [1.82, 2.24) is 0 Å². The molecule has 3 heterocycles. The van der Waals surface area contributed by atoms with Gasteiger partial charge in [0.15, 0.2) is 0 Å². The number of hydrogen-bond donors (Lipinski definition) is 5. The minimum absolute atomic E-state index is 0. The van der Waals surface area contributed by atoms with Gasteiger partial charge in [0.25, 0.3) is 35.4 Å². The quantitative estimate of drug-likeness (QED) is 0.0939. The molecule has 502 valence electrons. The molecule has 6 amide bonds. The van der Waals surface area contributed by atoms with Crippen LogP contribution in [-0.2, 0) is 76.4 Å². The predicted octanol–water partition coefficient (Wildman–Crippen LogP) is 7.47. The zero-order valence-corrected chi connectivity index (χ0v) is 48.3. The molecule has 5 N–H and O–H groups in total. The van der Waals surface area contributed by atoms with Gasteiger partial charge in [-0.25, -0.2) is 24.3 Å². The van der Waals surface area contributed by atoms with Crippen LogP contribution in [0.2, 0.25) is 0 Å². The Labute approximate surface area is 517 Å². The van der Waals surface area contributed by atoms with Crippen molar-refractivity contribution in [2.75, 3.05) is 92.9 Å². The SMILES string of the molecule is C.C.C.C.C.C.C.CC.CO.CO.CO.CO.CO.COC(=O)c1ccc(N2C(=O)C=CC2=O)cc1.COC(=O)c1ccc(N2C(=O)C=CC2=O)cc1.COC(C)=O.COC(C)=O.COC(C)=O.COC(C)=O.Cc1ccc(N2C(=O)C=CC2=O)cc1. The van der Waals surface area contributed by atoms with E-state index >= 15 is 0 Å². The molecule has 0 spiro atoms. The molecule has 6 rings (SSSR count). The summed E-state index contributed by atoms with van der Waals surface area (Å²) in [6.07, 6.45) is 7.38. The molecule has 0 bridgehead atoms. The van der Waals surface area contributed by atoms with E-state index in [-0.39, 0.29) is 111 Å². The number of carbonyl (C=O) groups excluding carboxylic acids is 12. The molecule has 3 aromatic carbocycles. The summed E-state index contributed by atoms with van der Waals surface area (Å²) in [6, 6.07) is 19.4. The van der Waals surface area contributed by atoms with E-state index in [9.17, 15) is 57.5 Å². The van der Waals surface area contributed by atoms with E-state index in [2.05, 4.69) is 28.4 Å². The normalized spacial score (nSPS) is 10.0. The van der Waals surface area contributed by atoms with Crippen LogP contribution in [0.25, 0.3) is 0 Å². The van der Waals surface area contributed by atoms with Gasteiger partial charge in [0.1, 0.15) is 0 Å². The number of hydrogen-bond acceptors (Lipinski definition) is 23. The van der Waals surface area contributed by atoms with Gasteiger partial charge < -0.3 is 54.0 Å². The van der Waals surface area contributed by atoms with Gasteiger partial charge in [-0.1, -0.05) is 83.5 Å². The second-order valence-corrected chi connectivity index (χ2v) is 12.7. The lowest BCUT2D eigenvalue weighted by molar-refractivity contribution is -0.138. The van der Waals surface area contributed by atoms with E-state index in [4.69, 9.17) is 25.5 Å². The summed E-state index contributed by atoms with van der Waals surface area (Å²) in [6.45, 7) is 11.4. The molecule has 3 aliphatic rings. The van der Waals surface area contributed by atoms with Crippen molar-refractivity contribution < 1.29 is 111 Å². The summed E-state index contributed by atoms with van der Waals surface area (Å²) in [5, 5.41) is 35.0. The fourth-order valence-corrected chi connectivity index (χ4v) is 4.39. The number of ether oxygens (including phenoxy) is 6. The van der Waals surface area contributed by atoms with Crippen LogP contribution in [0.15, 0.2) is 109 Å². The second kappa shape index (κ2) is 73.0. The number of aliphatic hydroxyl groups excluding tert-OH is 5. The number of nitrogens with zero attached hydrogens (tertiary/aromatic N) is 3. The maximum absolute atomic E-state index is 11.4. The molecular formula is C61H105N3O23. The molecule has 3 aromatic rings. The zero-order chi connectivity index (χ0) is 64.1. The highest BCUT2D eigenvalue weighted by Gasteiger charge is 2.27. The van der Waals surface area contributed by atoms with E-state index in [1.165, 1.54) is 155 Å². The third kappa shape index (κ3) is 51.1. The molecule has 0 unspecified atom stereocenters. The van der Waals surface area contributed by atoms with Crippen molar-refractivity contribution in [1.29, 1.82) is 0 Å². The lowest BCUT2D eigenvalue weighted by Gasteiger charge is -2.13. The van der Waals surface area contributed by atoms with Gasteiger partial charge in [0.05, 0.1) is 70.8 Å². The van der Waals surface area contributed by atoms with Gasteiger partial charge in [0, 0.05) is 99.7 Å². The summed E-state index contributed by atoms with van der Waals surface area (Å²) in [5.74, 6) is -4.02. The first kappa shape index (κ1) is 113. The summed E-state index contributed by atoms with van der Waals surface area (Å²) >= 11 is 0.